The first-order chi connectivity index (χ1) is 8.72. The van der Waals surface area contributed by atoms with Crippen LogP contribution in [0, 0.1) is 0 Å². The summed E-state index contributed by atoms with van der Waals surface area (Å²) >= 11 is 0. The first-order valence-corrected chi connectivity index (χ1v) is 6.18. The van der Waals surface area contributed by atoms with Gasteiger partial charge in [-0.3, -0.25) is 0 Å². The summed E-state index contributed by atoms with van der Waals surface area (Å²) in [6.07, 6.45) is 2.62. The molecule has 6 heteroatoms. The Morgan fingerprint density at radius 2 is 2.28 bits per heavy atom. The molecule has 6 nitrogen and oxygen atoms in total. The van der Waals surface area contributed by atoms with Gasteiger partial charge in [0.2, 0.25) is 5.95 Å². The van der Waals surface area contributed by atoms with Crippen LogP contribution >= 0.6 is 0 Å². The number of nitrogens with two attached hydrogens (primary N) is 1. The van der Waals surface area contributed by atoms with Crippen molar-refractivity contribution in [1.29, 1.82) is 0 Å². The fourth-order valence-corrected chi connectivity index (χ4v) is 2.27. The normalized spacial score (nSPS) is 16.2. The van der Waals surface area contributed by atoms with E-state index in [0.717, 1.165) is 42.0 Å². The minimum absolute atomic E-state index is 0.307. The summed E-state index contributed by atoms with van der Waals surface area (Å²) in [5, 5.41) is 3.23. The minimum Gasteiger partial charge on any atom is -0.458 e. The molecule has 0 unspecified atom stereocenters. The van der Waals surface area contributed by atoms with E-state index in [1.807, 2.05) is 7.05 Å². The summed E-state index contributed by atoms with van der Waals surface area (Å²) in [5.74, 6) is 1.12. The average Bonchev–Trinajstić information content (AvgIpc) is 2.70. The molecule has 0 radical (unpaired) electrons. The van der Waals surface area contributed by atoms with Crippen molar-refractivity contribution in [3.8, 4) is 0 Å². The number of nitrogens with one attached hydrogen (secondary N) is 1. The lowest BCUT2D eigenvalue weighted by atomic mass is 10.1. The summed E-state index contributed by atoms with van der Waals surface area (Å²) < 4.78 is 5.61. The smallest absolute Gasteiger partial charge is 0.222 e. The van der Waals surface area contributed by atoms with Crippen molar-refractivity contribution >= 4 is 22.9 Å². The molecule has 0 saturated carbocycles. The molecule has 18 heavy (non-hydrogen) atoms. The predicted molar refractivity (Wildman–Crippen MR) is 70.7 cm³/mol. The maximum atomic E-state index is 5.79. The van der Waals surface area contributed by atoms with E-state index >= 15 is 0 Å². The Balaban J connectivity index is 2.04. The maximum Gasteiger partial charge on any atom is 0.222 e. The van der Waals surface area contributed by atoms with E-state index in [4.69, 9.17) is 10.2 Å². The van der Waals surface area contributed by atoms with Crippen LogP contribution in [0.1, 0.15) is 12.5 Å². The van der Waals surface area contributed by atoms with Gasteiger partial charge >= 0.3 is 0 Å². The molecule has 0 aromatic carbocycles. The van der Waals surface area contributed by atoms with Gasteiger partial charge in [0.1, 0.15) is 5.52 Å². The number of furan rings is 1. The average molecular weight is 247 g/mol. The highest BCUT2D eigenvalue weighted by Crippen LogP contribution is 2.31. The summed E-state index contributed by atoms with van der Waals surface area (Å²) in [4.78, 5) is 10.7. The predicted octanol–water partition coefficient (Wildman–Crippen LogP) is 0.775. The monoisotopic (exact) mass is 247 g/mol. The van der Waals surface area contributed by atoms with Gasteiger partial charge in [0.05, 0.1) is 6.26 Å². The molecule has 96 valence electrons. The second-order valence-corrected chi connectivity index (χ2v) is 4.59. The van der Waals surface area contributed by atoms with Gasteiger partial charge in [0.25, 0.3) is 0 Å². The molecule has 1 aliphatic heterocycles. The van der Waals surface area contributed by atoms with Crippen LogP contribution < -0.4 is 16.0 Å². The molecule has 1 fully saturated rings. The lowest BCUT2D eigenvalue weighted by Gasteiger charge is -2.39. The number of hydrogen-bond donors (Lipinski definition) is 2. The lowest BCUT2D eigenvalue weighted by molar-refractivity contribution is 0.446. The molecule has 2 aromatic heterocycles. The van der Waals surface area contributed by atoms with E-state index in [1.54, 1.807) is 6.26 Å². The molecule has 0 aliphatic carbocycles. The standard InChI is InChI=1S/C12H17N5O/c1-3-7-6-18-10-9(7)15-12(13)16-11(10)17-4-8(5-17)14-2/h6,8,14H,3-5H2,1-2H3,(H2,13,15,16). The van der Waals surface area contributed by atoms with Crippen molar-refractivity contribution in [3.05, 3.63) is 11.8 Å². The van der Waals surface area contributed by atoms with Gasteiger partial charge in [-0.25, -0.2) is 4.98 Å². The highest BCUT2D eigenvalue weighted by molar-refractivity contribution is 5.88. The van der Waals surface area contributed by atoms with Gasteiger partial charge in [-0.1, -0.05) is 6.92 Å². The SMILES string of the molecule is CCc1coc2c(N3CC(NC)C3)nc(N)nc12. The van der Waals surface area contributed by atoms with E-state index in [2.05, 4.69) is 27.1 Å². The van der Waals surface area contributed by atoms with Crippen LogP contribution in [-0.2, 0) is 6.42 Å². The summed E-state index contributed by atoms with van der Waals surface area (Å²) in [6, 6.07) is 0.511. The molecule has 3 heterocycles. The fourth-order valence-electron chi connectivity index (χ4n) is 2.27. The third-order valence-electron chi connectivity index (χ3n) is 3.46. The van der Waals surface area contributed by atoms with Crippen LogP contribution in [0.3, 0.4) is 0 Å². The zero-order chi connectivity index (χ0) is 12.7. The van der Waals surface area contributed by atoms with Crippen molar-refractivity contribution < 1.29 is 4.42 Å². The molecule has 0 spiro atoms. The number of anilines is 2. The number of aryl methyl sites for hydroxylation is 1. The largest absolute Gasteiger partial charge is 0.458 e. The topological polar surface area (TPSA) is 80.2 Å². The second-order valence-electron chi connectivity index (χ2n) is 4.59. The summed E-state index contributed by atoms with van der Waals surface area (Å²) in [7, 11) is 1.97. The first kappa shape index (κ1) is 11.3. The van der Waals surface area contributed by atoms with Gasteiger partial charge < -0.3 is 20.4 Å². The van der Waals surface area contributed by atoms with E-state index in [0.29, 0.717) is 12.0 Å². The van der Waals surface area contributed by atoms with Crippen LogP contribution in [0.5, 0.6) is 0 Å². The van der Waals surface area contributed by atoms with Crippen LogP contribution in [0.4, 0.5) is 11.8 Å². The number of likely N-dealkylation sites (N-methyl/N-ethyl adjacent to an activating group) is 1. The molecular formula is C12H17N5O. The number of fused-ring (bicyclic) bond motifs is 1. The Hall–Kier alpha value is -1.82. The fraction of sp³-hybridized carbons (Fsp3) is 0.500. The number of rotatable bonds is 3. The molecule has 0 amide bonds. The highest BCUT2D eigenvalue weighted by atomic mass is 16.3. The van der Waals surface area contributed by atoms with Gasteiger partial charge in [0.15, 0.2) is 11.4 Å². The number of aromatic nitrogens is 2. The van der Waals surface area contributed by atoms with Crippen molar-refractivity contribution in [3.63, 3.8) is 0 Å². The summed E-state index contributed by atoms with van der Waals surface area (Å²) in [5.41, 5.74) is 8.45. The third-order valence-corrected chi connectivity index (χ3v) is 3.46. The van der Waals surface area contributed by atoms with Crippen molar-refractivity contribution in [2.75, 3.05) is 30.8 Å². The Kier molecular flexibility index (Phi) is 2.59. The van der Waals surface area contributed by atoms with E-state index in [-0.39, 0.29) is 0 Å². The van der Waals surface area contributed by atoms with Gasteiger partial charge in [0, 0.05) is 24.7 Å². The van der Waals surface area contributed by atoms with Crippen LogP contribution in [0.2, 0.25) is 0 Å². The lowest BCUT2D eigenvalue weighted by Crippen LogP contribution is -2.57. The van der Waals surface area contributed by atoms with Crippen LogP contribution in [0.25, 0.3) is 11.1 Å². The van der Waals surface area contributed by atoms with Gasteiger partial charge in [-0.05, 0) is 13.5 Å². The van der Waals surface area contributed by atoms with E-state index in [9.17, 15) is 0 Å². The Labute approximate surface area is 105 Å². The zero-order valence-corrected chi connectivity index (χ0v) is 10.6. The third kappa shape index (κ3) is 1.60. The molecule has 0 bridgehead atoms. The molecule has 3 N–H and O–H groups in total. The number of nitrogens with zero attached hydrogens (tertiary/aromatic N) is 3. The molecule has 2 aromatic rings. The van der Waals surface area contributed by atoms with Crippen molar-refractivity contribution in [1.82, 2.24) is 15.3 Å². The number of hydrogen-bond acceptors (Lipinski definition) is 6. The minimum atomic E-state index is 0.307. The Morgan fingerprint density at radius 1 is 1.50 bits per heavy atom. The van der Waals surface area contributed by atoms with Crippen LogP contribution in [-0.4, -0.2) is 36.1 Å². The molecular weight excluding hydrogens is 230 g/mol. The van der Waals surface area contributed by atoms with Crippen molar-refractivity contribution in [2.24, 2.45) is 0 Å². The molecule has 0 atom stereocenters. The highest BCUT2D eigenvalue weighted by Gasteiger charge is 2.29. The molecule has 1 aliphatic rings. The number of nitrogen functional groups attached to an aromatic ring is 1. The zero-order valence-electron chi connectivity index (χ0n) is 10.6. The second kappa shape index (κ2) is 4.13. The molecule has 3 rings (SSSR count). The summed E-state index contributed by atoms with van der Waals surface area (Å²) in [6.45, 7) is 3.91. The van der Waals surface area contributed by atoms with Crippen LogP contribution in [0.15, 0.2) is 10.7 Å². The quantitative estimate of drug-likeness (QED) is 0.834. The van der Waals surface area contributed by atoms with E-state index in [1.165, 1.54) is 0 Å². The Bertz CT molecular complexity index is 573. The maximum absolute atomic E-state index is 5.79. The first-order valence-electron chi connectivity index (χ1n) is 6.18. The van der Waals surface area contributed by atoms with Gasteiger partial charge in [-0.2, -0.15) is 4.98 Å². The van der Waals surface area contributed by atoms with E-state index < -0.39 is 0 Å². The van der Waals surface area contributed by atoms with Gasteiger partial charge in [-0.15, -0.1) is 0 Å². The Morgan fingerprint density at radius 3 is 2.94 bits per heavy atom. The molecule has 1 saturated heterocycles. The van der Waals surface area contributed by atoms with Crippen molar-refractivity contribution in [2.45, 2.75) is 19.4 Å².